The van der Waals surface area contributed by atoms with Gasteiger partial charge >= 0.3 is 0 Å². The van der Waals surface area contributed by atoms with Crippen LogP contribution in [0.25, 0.3) is 0 Å². The maximum Gasteiger partial charge on any atom is 0.143 e. The Hall–Kier alpha value is -0.520. The molecule has 1 aromatic rings. The van der Waals surface area contributed by atoms with Crippen molar-refractivity contribution < 1.29 is 8.78 Å². The number of nitrogens with one attached hydrogen (secondary N) is 1. The number of hydrogen-bond donors (Lipinski definition) is 2. The quantitative estimate of drug-likeness (QED) is 0.505. The van der Waals surface area contributed by atoms with Crippen molar-refractivity contribution in [3.05, 3.63) is 33.8 Å². The number of nitrogens with two attached hydrogens (primary N) is 1. The molecule has 15 heavy (non-hydrogen) atoms. The predicted octanol–water partition coefficient (Wildman–Crippen LogP) is 2.51. The van der Waals surface area contributed by atoms with Crippen LogP contribution in [0, 0.1) is 11.6 Å². The third-order valence-electron chi connectivity index (χ3n) is 2.32. The van der Waals surface area contributed by atoms with Crippen LogP contribution in [0.3, 0.4) is 0 Å². The molecule has 0 aliphatic heterocycles. The summed E-state index contributed by atoms with van der Waals surface area (Å²) in [7, 11) is 0. The Bertz CT molecular complexity index is 340. The zero-order valence-corrected chi connectivity index (χ0v) is 9.94. The van der Waals surface area contributed by atoms with Gasteiger partial charge < -0.3 is 0 Å². The highest BCUT2D eigenvalue weighted by atomic mass is 79.9. The molecule has 0 saturated carbocycles. The summed E-state index contributed by atoms with van der Waals surface area (Å²) in [5.41, 5.74) is 2.59. The fourth-order valence-electron chi connectivity index (χ4n) is 1.32. The fourth-order valence-corrected chi connectivity index (χ4v) is 1.70. The van der Waals surface area contributed by atoms with Crippen LogP contribution >= 0.6 is 15.9 Å². The smallest absolute Gasteiger partial charge is 0.143 e. The molecule has 1 rings (SSSR count). The summed E-state index contributed by atoms with van der Waals surface area (Å²) < 4.78 is 27.1. The second kappa shape index (κ2) is 5.53. The molecule has 1 atom stereocenters. The second-order valence-corrected chi connectivity index (χ2v) is 4.15. The highest BCUT2D eigenvalue weighted by Crippen LogP contribution is 2.22. The summed E-state index contributed by atoms with van der Waals surface area (Å²) in [6, 6.07) is 2.47. The fraction of sp³-hybridized carbons (Fsp3) is 0.400. The molecular formula is C10H13BrF2N2. The molecule has 5 heteroatoms. The van der Waals surface area contributed by atoms with E-state index in [0.29, 0.717) is 6.42 Å². The minimum atomic E-state index is -0.552. The van der Waals surface area contributed by atoms with Crippen LogP contribution < -0.4 is 11.3 Å². The first kappa shape index (κ1) is 12.5. The number of benzene rings is 1. The Labute approximate surface area is 95.9 Å². The van der Waals surface area contributed by atoms with Crippen LogP contribution in [0.1, 0.15) is 18.9 Å². The van der Waals surface area contributed by atoms with Crippen molar-refractivity contribution in [1.29, 1.82) is 0 Å². The molecule has 84 valence electrons. The summed E-state index contributed by atoms with van der Waals surface area (Å²) in [5.74, 6) is 4.17. The van der Waals surface area contributed by atoms with E-state index in [4.69, 9.17) is 5.84 Å². The minimum Gasteiger partial charge on any atom is -0.271 e. The Balaban J connectivity index is 2.97. The van der Waals surface area contributed by atoms with E-state index in [1.165, 1.54) is 12.1 Å². The Kier molecular flexibility index (Phi) is 4.63. The Morgan fingerprint density at radius 2 is 2.13 bits per heavy atom. The highest BCUT2D eigenvalue weighted by molar-refractivity contribution is 9.10. The van der Waals surface area contributed by atoms with Gasteiger partial charge in [-0.15, -0.1) is 0 Å². The van der Waals surface area contributed by atoms with E-state index in [0.717, 1.165) is 0 Å². The van der Waals surface area contributed by atoms with E-state index in [-0.39, 0.29) is 22.5 Å². The first-order valence-corrected chi connectivity index (χ1v) is 5.48. The molecule has 0 spiro atoms. The van der Waals surface area contributed by atoms with Gasteiger partial charge in [-0.1, -0.05) is 6.92 Å². The lowest BCUT2D eigenvalue weighted by Gasteiger charge is -2.14. The molecular weight excluding hydrogens is 266 g/mol. The molecule has 0 radical (unpaired) electrons. The molecule has 1 unspecified atom stereocenters. The van der Waals surface area contributed by atoms with Gasteiger partial charge in [0.25, 0.3) is 0 Å². The van der Waals surface area contributed by atoms with Crippen molar-refractivity contribution in [3.8, 4) is 0 Å². The first-order valence-electron chi connectivity index (χ1n) is 4.68. The molecule has 0 saturated heterocycles. The topological polar surface area (TPSA) is 38.0 Å². The van der Waals surface area contributed by atoms with Gasteiger partial charge in [0.1, 0.15) is 11.6 Å². The van der Waals surface area contributed by atoms with Gasteiger partial charge in [-0.2, -0.15) is 0 Å². The molecule has 0 heterocycles. The second-order valence-electron chi connectivity index (χ2n) is 3.30. The van der Waals surface area contributed by atoms with E-state index < -0.39 is 11.6 Å². The van der Waals surface area contributed by atoms with Gasteiger partial charge in [-0.05, 0) is 40.9 Å². The molecule has 0 amide bonds. The van der Waals surface area contributed by atoms with Gasteiger partial charge in [0, 0.05) is 11.6 Å². The van der Waals surface area contributed by atoms with Crippen LogP contribution in [0.4, 0.5) is 8.78 Å². The molecule has 1 aromatic carbocycles. The Morgan fingerprint density at radius 3 is 2.67 bits per heavy atom. The van der Waals surface area contributed by atoms with E-state index in [9.17, 15) is 8.78 Å². The highest BCUT2D eigenvalue weighted by Gasteiger charge is 2.15. The number of rotatable bonds is 4. The predicted molar refractivity (Wildman–Crippen MR) is 59.2 cm³/mol. The monoisotopic (exact) mass is 278 g/mol. The number of hydrazine groups is 1. The van der Waals surface area contributed by atoms with Crippen molar-refractivity contribution in [2.45, 2.75) is 25.8 Å². The van der Waals surface area contributed by atoms with Gasteiger partial charge in [-0.3, -0.25) is 11.3 Å². The molecule has 0 aliphatic carbocycles. The SMILES string of the molecule is CCC(Cc1c(F)ccc(Br)c1F)NN. The largest absolute Gasteiger partial charge is 0.271 e. The van der Waals surface area contributed by atoms with Crippen molar-refractivity contribution >= 4 is 15.9 Å². The molecule has 0 bridgehead atoms. The van der Waals surface area contributed by atoms with Crippen LogP contribution in [-0.4, -0.2) is 6.04 Å². The minimum absolute atomic E-state index is 0.0641. The molecule has 0 aliphatic rings. The third-order valence-corrected chi connectivity index (χ3v) is 2.93. The van der Waals surface area contributed by atoms with Crippen LogP contribution in [-0.2, 0) is 6.42 Å². The molecule has 0 aromatic heterocycles. The molecule has 0 fully saturated rings. The van der Waals surface area contributed by atoms with E-state index in [1.807, 2.05) is 6.92 Å². The summed E-state index contributed by atoms with van der Waals surface area (Å²) in [6.07, 6.45) is 0.950. The van der Waals surface area contributed by atoms with Crippen LogP contribution in [0.5, 0.6) is 0 Å². The van der Waals surface area contributed by atoms with E-state index in [1.54, 1.807) is 0 Å². The maximum atomic E-state index is 13.5. The van der Waals surface area contributed by atoms with Gasteiger partial charge in [-0.25, -0.2) is 8.78 Å². The normalized spacial score (nSPS) is 12.9. The lowest BCUT2D eigenvalue weighted by Crippen LogP contribution is -2.36. The summed E-state index contributed by atoms with van der Waals surface area (Å²) in [5, 5.41) is 0. The lowest BCUT2D eigenvalue weighted by molar-refractivity contribution is 0.476. The van der Waals surface area contributed by atoms with Crippen molar-refractivity contribution in [1.82, 2.24) is 5.43 Å². The van der Waals surface area contributed by atoms with E-state index >= 15 is 0 Å². The molecule has 2 nitrogen and oxygen atoms in total. The van der Waals surface area contributed by atoms with Gasteiger partial charge in [0.2, 0.25) is 0 Å². The maximum absolute atomic E-state index is 13.5. The van der Waals surface area contributed by atoms with E-state index in [2.05, 4.69) is 21.4 Å². The zero-order chi connectivity index (χ0) is 11.4. The summed E-state index contributed by atoms with van der Waals surface area (Å²) in [6.45, 7) is 1.90. The first-order chi connectivity index (χ1) is 7.10. The third kappa shape index (κ3) is 2.96. The number of hydrogen-bond acceptors (Lipinski definition) is 2. The Morgan fingerprint density at radius 1 is 1.47 bits per heavy atom. The van der Waals surface area contributed by atoms with Crippen LogP contribution in [0.2, 0.25) is 0 Å². The summed E-state index contributed by atoms with van der Waals surface area (Å²) >= 11 is 3.02. The van der Waals surface area contributed by atoms with Gasteiger partial charge in [0.05, 0.1) is 4.47 Å². The van der Waals surface area contributed by atoms with Crippen molar-refractivity contribution in [3.63, 3.8) is 0 Å². The summed E-state index contributed by atoms with van der Waals surface area (Å²) in [4.78, 5) is 0. The van der Waals surface area contributed by atoms with Crippen molar-refractivity contribution in [2.75, 3.05) is 0 Å². The standard InChI is InChI=1S/C10H13BrF2N2/c1-2-6(15-14)5-7-9(12)4-3-8(11)10(7)13/h3-4,6,15H,2,5,14H2,1H3. The average molecular weight is 279 g/mol. The average Bonchev–Trinajstić information content (AvgIpc) is 2.24. The zero-order valence-electron chi connectivity index (χ0n) is 8.36. The molecule has 3 N–H and O–H groups in total. The number of halogens is 3. The van der Waals surface area contributed by atoms with Crippen molar-refractivity contribution in [2.24, 2.45) is 5.84 Å². The van der Waals surface area contributed by atoms with Gasteiger partial charge in [0.15, 0.2) is 0 Å². The van der Waals surface area contributed by atoms with Crippen LogP contribution in [0.15, 0.2) is 16.6 Å². The lowest BCUT2D eigenvalue weighted by atomic mass is 10.0.